The number of halogens is 1. The van der Waals surface area contributed by atoms with E-state index in [2.05, 4.69) is 12.8 Å². The average molecular weight is 167 g/mol. The highest BCUT2D eigenvalue weighted by atomic mass is 19.1. The van der Waals surface area contributed by atoms with E-state index in [0.29, 0.717) is 5.69 Å². The topological polar surface area (TPSA) is 26.0 Å². The van der Waals surface area contributed by atoms with Crippen molar-refractivity contribution in [2.45, 2.75) is 13.8 Å². The van der Waals surface area contributed by atoms with Gasteiger partial charge in [-0.1, -0.05) is 13.8 Å². The lowest BCUT2D eigenvalue weighted by molar-refractivity contribution is 0.628. The Hall–Kier alpha value is -1.49. The number of nitrogens with two attached hydrogens (primary N) is 1. The van der Waals surface area contributed by atoms with Gasteiger partial charge in [0.2, 0.25) is 0 Å². The van der Waals surface area contributed by atoms with Crippen molar-refractivity contribution in [3.8, 4) is 12.8 Å². The van der Waals surface area contributed by atoms with Crippen LogP contribution in [0.25, 0.3) is 0 Å². The summed E-state index contributed by atoms with van der Waals surface area (Å²) in [6, 6.07) is 5.70. The van der Waals surface area contributed by atoms with Crippen molar-refractivity contribution in [1.29, 1.82) is 0 Å². The Morgan fingerprint density at radius 2 is 1.42 bits per heavy atom. The summed E-state index contributed by atoms with van der Waals surface area (Å²) in [7, 11) is 0. The predicted octanol–water partition coefficient (Wildman–Crippen LogP) is 2.68. The first kappa shape index (κ1) is 13.1. The number of benzene rings is 1. The van der Waals surface area contributed by atoms with Crippen LogP contribution in [0, 0.1) is 18.7 Å². The molecule has 1 aromatic carbocycles. The van der Waals surface area contributed by atoms with E-state index >= 15 is 0 Å². The van der Waals surface area contributed by atoms with Gasteiger partial charge in [0.25, 0.3) is 0 Å². The number of anilines is 1. The Kier molecular flexibility index (Phi) is 10.4. The van der Waals surface area contributed by atoms with Crippen molar-refractivity contribution >= 4 is 5.69 Å². The van der Waals surface area contributed by atoms with Crippen LogP contribution in [0.3, 0.4) is 0 Å². The predicted molar refractivity (Wildman–Crippen MR) is 52.1 cm³/mol. The first-order valence-corrected chi connectivity index (χ1v) is 3.63. The molecule has 0 bridgehead atoms. The van der Waals surface area contributed by atoms with Crippen LogP contribution in [-0.2, 0) is 0 Å². The zero-order valence-corrected chi connectivity index (χ0v) is 7.42. The Morgan fingerprint density at radius 1 is 1.08 bits per heavy atom. The Labute approximate surface area is 73.4 Å². The lowest BCUT2D eigenvalue weighted by Crippen LogP contribution is -1.82. The van der Waals surface area contributed by atoms with Crippen molar-refractivity contribution in [3.05, 3.63) is 30.1 Å². The third-order valence-corrected chi connectivity index (χ3v) is 0.870. The molecule has 12 heavy (non-hydrogen) atoms. The molecule has 1 aromatic rings. The van der Waals surface area contributed by atoms with Crippen LogP contribution >= 0.6 is 0 Å². The van der Waals surface area contributed by atoms with Crippen LogP contribution in [0.15, 0.2) is 24.3 Å². The minimum Gasteiger partial charge on any atom is -0.399 e. The molecule has 0 fully saturated rings. The molecule has 1 nitrogen and oxygen atoms in total. The largest absolute Gasteiger partial charge is 0.399 e. The molecule has 0 amide bonds. The SMILES string of the molecule is C#C.CC.Nc1ccc(F)cc1. The van der Waals surface area contributed by atoms with Gasteiger partial charge in [0.05, 0.1) is 0 Å². The molecule has 0 saturated heterocycles. The zero-order chi connectivity index (χ0) is 9.98. The van der Waals surface area contributed by atoms with Gasteiger partial charge in [-0.05, 0) is 24.3 Å². The maximum atomic E-state index is 12.0. The molecular weight excluding hydrogens is 153 g/mol. The summed E-state index contributed by atoms with van der Waals surface area (Å²) in [6.45, 7) is 4.00. The van der Waals surface area contributed by atoms with Crippen LogP contribution in [0.4, 0.5) is 10.1 Å². The van der Waals surface area contributed by atoms with E-state index in [-0.39, 0.29) is 5.82 Å². The van der Waals surface area contributed by atoms with Crippen LogP contribution in [0.1, 0.15) is 13.8 Å². The van der Waals surface area contributed by atoms with E-state index in [1.807, 2.05) is 13.8 Å². The molecule has 0 aromatic heterocycles. The first-order chi connectivity index (χ1) is 5.79. The van der Waals surface area contributed by atoms with E-state index < -0.39 is 0 Å². The molecule has 0 radical (unpaired) electrons. The smallest absolute Gasteiger partial charge is 0.123 e. The van der Waals surface area contributed by atoms with Crippen molar-refractivity contribution in [1.82, 2.24) is 0 Å². The summed E-state index contributed by atoms with van der Waals surface area (Å²) in [4.78, 5) is 0. The number of hydrogen-bond donors (Lipinski definition) is 1. The third kappa shape index (κ3) is 6.63. The normalized spacial score (nSPS) is 6.75. The summed E-state index contributed by atoms with van der Waals surface area (Å²) in [5.41, 5.74) is 5.85. The van der Waals surface area contributed by atoms with Crippen LogP contribution in [0.5, 0.6) is 0 Å². The van der Waals surface area contributed by atoms with Gasteiger partial charge < -0.3 is 5.73 Å². The molecule has 0 atom stereocenters. The molecule has 0 aliphatic carbocycles. The summed E-state index contributed by atoms with van der Waals surface area (Å²) >= 11 is 0. The van der Waals surface area contributed by atoms with E-state index in [4.69, 9.17) is 5.73 Å². The van der Waals surface area contributed by atoms with Gasteiger partial charge in [0, 0.05) is 5.69 Å². The maximum absolute atomic E-state index is 12.0. The molecular formula is C10H14FN. The van der Waals surface area contributed by atoms with E-state index in [0.717, 1.165) is 0 Å². The zero-order valence-electron chi connectivity index (χ0n) is 7.42. The van der Waals surface area contributed by atoms with Crippen molar-refractivity contribution in [2.75, 3.05) is 5.73 Å². The minimum atomic E-state index is -0.251. The van der Waals surface area contributed by atoms with Crippen LogP contribution in [0.2, 0.25) is 0 Å². The van der Waals surface area contributed by atoms with Crippen molar-refractivity contribution < 1.29 is 4.39 Å². The fourth-order valence-corrected chi connectivity index (χ4v) is 0.463. The van der Waals surface area contributed by atoms with Crippen LogP contribution in [-0.4, -0.2) is 0 Å². The van der Waals surface area contributed by atoms with Gasteiger partial charge in [0.1, 0.15) is 5.82 Å². The molecule has 0 aliphatic rings. The summed E-state index contributed by atoms with van der Waals surface area (Å²) in [5.74, 6) is -0.251. The summed E-state index contributed by atoms with van der Waals surface area (Å²) < 4.78 is 12.0. The minimum absolute atomic E-state index is 0.251. The number of nitrogen functional groups attached to an aromatic ring is 1. The van der Waals surface area contributed by atoms with Gasteiger partial charge in [-0.3, -0.25) is 0 Å². The quantitative estimate of drug-likeness (QED) is 0.466. The van der Waals surface area contributed by atoms with Gasteiger partial charge in [-0.2, -0.15) is 0 Å². The lowest BCUT2D eigenvalue weighted by Gasteiger charge is -1.87. The van der Waals surface area contributed by atoms with Crippen molar-refractivity contribution in [3.63, 3.8) is 0 Å². The fraction of sp³-hybridized carbons (Fsp3) is 0.200. The van der Waals surface area contributed by atoms with E-state index in [1.54, 1.807) is 0 Å². The summed E-state index contributed by atoms with van der Waals surface area (Å²) in [6.07, 6.45) is 8.00. The highest BCUT2D eigenvalue weighted by Crippen LogP contribution is 2.01. The third-order valence-electron chi connectivity index (χ3n) is 0.870. The second-order valence-corrected chi connectivity index (χ2v) is 1.55. The highest BCUT2D eigenvalue weighted by molar-refractivity contribution is 5.36. The Morgan fingerprint density at radius 3 is 1.67 bits per heavy atom. The van der Waals surface area contributed by atoms with Gasteiger partial charge in [-0.25, -0.2) is 4.39 Å². The standard InChI is InChI=1S/C6H6FN.C2H6.C2H2/c7-5-1-3-6(8)4-2-5;2*1-2/h1-4H,8H2;1-2H3;1-2H. The molecule has 0 heterocycles. The highest BCUT2D eigenvalue weighted by Gasteiger charge is 1.83. The average Bonchev–Trinajstić information content (AvgIpc) is 2.17. The number of rotatable bonds is 0. The summed E-state index contributed by atoms with van der Waals surface area (Å²) in [5, 5.41) is 0. The van der Waals surface area contributed by atoms with Gasteiger partial charge in [0.15, 0.2) is 0 Å². The second kappa shape index (κ2) is 9.51. The fourth-order valence-electron chi connectivity index (χ4n) is 0.463. The maximum Gasteiger partial charge on any atom is 0.123 e. The van der Waals surface area contributed by atoms with Crippen LogP contribution < -0.4 is 5.73 Å². The molecule has 0 spiro atoms. The molecule has 1 rings (SSSR count). The lowest BCUT2D eigenvalue weighted by atomic mass is 10.3. The molecule has 2 N–H and O–H groups in total. The van der Waals surface area contributed by atoms with Crippen molar-refractivity contribution in [2.24, 2.45) is 0 Å². The van der Waals surface area contributed by atoms with E-state index in [9.17, 15) is 4.39 Å². The molecule has 0 aliphatic heterocycles. The second-order valence-electron chi connectivity index (χ2n) is 1.55. The van der Waals surface area contributed by atoms with E-state index in [1.165, 1.54) is 24.3 Å². The monoisotopic (exact) mass is 167 g/mol. The molecule has 0 saturated carbocycles. The molecule has 0 unspecified atom stereocenters. The first-order valence-electron chi connectivity index (χ1n) is 3.63. The molecule has 66 valence electrons. The Balaban J connectivity index is 0. The number of terminal acetylenes is 1. The van der Waals surface area contributed by atoms with Gasteiger partial charge in [-0.15, -0.1) is 12.8 Å². The molecule has 2 heteroatoms. The Bertz CT molecular complexity index is 180. The van der Waals surface area contributed by atoms with Gasteiger partial charge >= 0.3 is 0 Å². The number of hydrogen-bond acceptors (Lipinski definition) is 1.